The first-order chi connectivity index (χ1) is 11.2. The van der Waals surface area contributed by atoms with Crippen molar-refractivity contribution in [2.45, 2.75) is 19.0 Å². The zero-order valence-electron chi connectivity index (χ0n) is 12.7. The van der Waals surface area contributed by atoms with Gasteiger partial charge in [-0.1, -0.05) is 36.2 Å². The zero-order valence-corrected chi connectivity index (χ0v) is 14.2. The van der Waals surface area contributed by atoms with E-state index >= 15 is 0 Å². The van der Waals surface area contributed by atoms with Crippen LogP contribution >= 0.6 is 23.2 Å². The standard InChI is InChI=1S/C15H18Cl2N4O2/c1-2-18-6-10-7-22-14(19-10)21-15-20-13(8-23-15)9-3-4-11(16)12(17)5-9/h3-5,10,13,18H,2,6-8H2,1H3,(H,19,20,21)/t10-,13+/m0/s1. The summed E-state index contributed by atoms with van der Waals surface area (Å²) in [6.45, 7) is 4.76. The Morgan fingerprint density at radius 3 is 2.70 bits per heavy atom. The molecule has 0 bridgehead atoms. The largest absolute Gasteiger partial charge is 0.463 e. The summed E-state index contributed by atoms with van der Waals surface area (Å²) in [7, 11) is 0. The van der Waals surface area contributed by atoms with Crippen LogP contribution in [-0.4, -0.2) is 44.4 Å². The van der Waals surface area contributed by atoms with E-state index in [9.17, 15) is 0 Å². The lowest BCUT2D eigenvalue weighted by atomic mass is 10.1. The molecule has 3 rings (SSSR count). The lowest BCUT2D eigenvalue weighted by Gasteiger charge is -2.06. The van der Waals surface area contributed by atoms with Gasteiger partial charge in [0.1, 0.15) is 25.3 Å². The van der Waals surface area contributed by atoms with E-state index in [0.717, 1.165) is 18.7 Å². The number of hydrogen-bond acceptors (Lipinski definition) is 6. The van der Waals surface area contributed by atoms with Crippen LogP contribution in [0.3, 0.4) is 0 Å². The lowest BCUT2D eigenvalue weighted by Crippen LogP contribution is -2.30. The van der Waals surface area contributed by atoms with Crippen molar-refractivity contribution in [1.82, 2.24) is 10.6 Å². The monoisotopic (exact) mass is 356 g/mol. The second-order valence-corrected chi connectivity index (χ2v) is 6.08. The van der Waals surface area contributed by atoms with Crippen molar-refractivity contribution >= 4 is 35.2 Å². The smallest absolute Gasteiger partial charge is 0.293 e. The maximum atomic E-state index is 6.04. The van der Waals surface area contributed by atoms with Gasteiger partial charge < -0.3 is 14.8 Å². The van der Waals surface area contributed by atoms with Crippen LogP contribution in [-0.2, 0) is 9.47 Å². The van der Waals surface area contributed by atoms with E-state index in [-0.39, 0.29) is 12.1 Å². The Morgan fingerprint density at radius 2 is 1.91 bits per heavy atom. The highest BCUT2D eigenvalue weighted by atomic mass is 35.5. The molecule has 0 unspecified atom stereocenters. The molecule has 23 heavy (non-hydrogen) atoms. The van der Waals surface area contributed by atoms with Crippen LogP contribution in [0.5, 0.6) is 0 Å². The molecule has 2 atom stereocenters. The maximum Gasteiger partial charge on any atom is 0.293 e. The van der Waals surface area contributed by atoms with E-state index in [0.29, 0.717) is 35.3 Å². The second kappa shape index (κ2) is 7.38. The molecule has 0 spiro atoms. The molecule has 0 aromatic heterocycles. The molecule has 0 saturated carbocycles. The second-order valence-electron chi connectivity index (χ2n) is 5.27. The van der Waals surface area contributed by atoms with Crippen molar-refractivity contribution in [3.63, 3.8) is 0 Å². The summed E-state index contributed by atoms with van der Waals surface area (Å²) in [5.41, 5.74) is 0.954. The molecule has 8 heteroatoms. The molecule has 1 aromatic carbocycles. The molecule has 2 N–H and O–H groups in total. The van der Waals surface area contributed by atoms with Crippen molar-refractivity contribution in [1.29, 1.82) is 0 Å². The Kier molecular flexibility index (Phi) is 5.25. The fraction of sp³-hybridized carbons (Fsp3) is 0.467. The number of halogens is 2. The molecule has 6 nitrogen and oxygen atoms in total. The average Bonchev–Trinajstić information content (AvgIpc) is 3.18. The third-order valence-electron chi connectivity index (χ3n) is 3.54. The number of benzene rings is 1. The lowest BCUT2D eigenvalue weighted by molar-refractivity contribution is 0.291. The van der Waals surface area contributed by atoms with Crippen LogP contribution < -0.4 is 10.6 Å². The van der Waals surface area contributed by atoms with Crippen LogP contribution in [0.25, 0.3) is 0 Å². The van der Waals surface area contributed by atoms with E-state index in [1.165, 1.54) is 0 Å². The van der Waals surface area contributed by atoms with E-state index in [2.05, 4.69) is 27.5 Å². The summed E-state index contributed by atoms with van der Waals surface area (Å²) in [4.78, 5) is 8.92. The molecule has 124 valence electrons. The Bertz CT molecular complexity index is 636. The Hall–Kier alpha value is -1.50. The zero-order chi connectivity index (χ0) is 16.2. The topological polar surface area (TPSA) is 67.2 Å². The Balaban J connectivity index is 1.61. The van der Waals surface area contributed by atoms with E-state index in [1.807, 2.05) is 6.07 Å². The summed E-state index contributed by atoms with van der Waals surface area (Å²) in [6, 6.07) is 6.31. The summed E-state index contributed by atoms with van der Waals surface area (Å²) in [5, 5.41) is 7.26. The Labute approximate surface area is 144 Å². The highest BCUT2D eigenvalue weighted by Crippen LogP contribution is 2.29. The fourth-order valence-corrected chi connectivity index (χ4v) is 2.63. The molecule has 1 aromatic rings. The van der Waals surface area contributed by atoms with Gasteiger partial charge in [-0.2, -0.15) is 0 Å². The van der Waals surface area contributed by atoms with E-state index < -0.39 is 0 Å². The normalized spacial score (nSPS) is 23.1. The van der Waals surface area contributed by atoms with Gasteiger partial charge in [-0.3, -0.25) is 5.32 Å². The highest BCUT2D eigenvalue weighted by molar-refractivity contribution is 6.42. The SMILES string of the molecule is CCNC[C@H]1COC(NC2=N[C@@H](c3ccc(Cl)c(Cl)c3)CO2)=N1. The first-order valence-corrected chi connectivity index (χ1v) is 8.25. The van der Waals surface area contributed by atoms with Gasteiger partial charge >= 0.3 is 0 Å². The molecule has 0 radical (unpaired) electrons. The molecule has 2 aliphatic heterocycles. The summed E-state index contributed by atoms with van der Waals surface area (Å²) < 4.78 is 11.1. The van der Waals surface area contributed by atoms with Gasteiger partial charge in [-0.05, 0) is 24.2 Å². The van der Waals surface area contributed by atoms with Crippen molar-refractivity contribution in [2.75, 3.05) is 26.3 Å². The number of nitrogens with zero attached hydrogens (tertiary/aromatic N) is 2. The average molecular weight is 357 g/mol. The minimum atomic E-state index is -0.119. The highest BCUT2D eigenvalue weighted by Gasteiger charge is 2.25. The molecule has 0 aliphatic carbocycles. The van der Waals surface area contributed by atoms with Gasteiger partial charge in [-0.15, -0.1) is 0 Å². The molecular formula is C15H18Cl2N4O2. The van der Waals surface area contributed by atoms with Crippen LogP contribution in [0.4, 0.5) is 0 Å². The van der Waals surface area contributed by atoms with Gasteiger partial charge in [0.2, 0.25) is 0 Å². The van der Waals surface area contributed by atoms with Crippen molar-refractivity contribution in [2.24, 2.45) is 9.98 Å². The van der Waals surface area contributed by atoms with Crippen LogP contribution in [0.15, 0.2) is 28.2 Å². The predicted molar refractivity (Wildman–Crippen MR) is 91.4 cm³/mol. The van der Waals surface area contributed by atoms with Gasteiger partial charge in [0.05, 0.1) is 10.0 Å². The predicted octanol–water partition coefficient (Wildman–Crippen LogP) is 2.37. The summed E-state index contributed by atoms with van der Waals surface area (Å²) in [5.74, 6) is 0. The third kappa shape index (κ3) is 4.07. The Morgan fingerprint density at radius 1 is 1.13 bits per heavy atom. The molecule has 0 amide bonds. The molecule has 0 fully saturated rings. The summed E-state index contributed by atoms with van der Waals surface area (Å²) in [6.07, 6.45) is 0. The number of likely N-dealkylation sites (N-methyl/N-ethyl adjacent to an activating group) is 1. The molecule has 2 heterocycles. The molecule has 2 aliphatic rings. The summed E-state index contributed by atoms with van der Waals surface area (Å²) >= 11 is 12.0. The third-order valence-corrected chi connectivity index (χ3v) is 4.27. The first kappa shape index (κ1) is 16.4. The number of amidine groups is 2. The van der Waals surface area contributed by atoms with Crippen LogP contribution in [0.2, 0.25) is 10.0 Å². The van der Waals surface area contributed by atoms with E-state index in [4.69, 9.17) is 32.7 Å². The van der Waals surface area contributed by atoms with E-state index in [1.54, 1.807) is 12.1 Å². The molecular weight excluding hydrogens is 339 g/mol. The van der Waals surface area contributed by atoms with Crippen molar-refractivity contribution in [3.05, 3.63) is 33.8 Å². The number of hydrogen-bond donors (Lipinski definition) is 2. The van der Waals surface area contributed by atoms with Crippen LogP contribution in [0.1, 0.15) is 18.5 Å². The minimum absolute atomic E-state index is 0.116. The maximum absolute atomic E-state index is 6.04. The van der Waals surface area contributed by atoms with Gasteiger partial charge in [0.25, 0.3) is 12.0 Å². The van der Waals surface area contributed by atoms with Gasteiger partial charge in [0, 0.05) is 6.54 Å². The minimum Gasteiger partial charge on any atom is -0.463 e. The van der Waals surface area contributed by atoms with Crippen molar-refractivity contribution < 1.29 is 9.47 Å². The fourth-order valence-electron chi connectivity index (χ4n) is 2.32. The number of nitrogens with one attached hydrogen (secondary N) is 2. The number of aliphatic imine (C=N–C) groups is 2. The first-order valence-electron chi connectivity index (χ1n) is 7.49. The van der Waals surface area contributed by atoms with Gasteiger partial charge in [-0.25, -0.2) is 9.98 Å². The molecule has 0 saturated heterocycles. The quantitative estimate of drug-likeness (QED) is 0.868. The number of ether oxygens (including phenoxy) is 2. The van der Waals surface area contributed by atoms with Crippen LogP contribution in [0, 0.1) is 0 Å². The van der Waals surface area contributed by atoms with Gasteiger partial charge in [0.15, 0.2) is 0 Å². The van der Waals surface area contributed by atoms with Crippen molar-refractivity contribution in [3.8, 4) is 0 Å². The number of rotatable bonds is 4.